The molecule has 2 heterocycles. The third kappa shape index (κ3) is 2.41. The van der Waals surface area contributed by atoms with Crippen LogP contribution in [0.25, 0.3) is 11.2 Å². The lowest BCUT2D eigenvalue weighted by Gasteiger charge is -2.11. The molecule has 0 atom stereocenters. The summed E-state index contributed by atoms with van der Waals surface area (Å²) >= 11 is 0. The zero-order chi connectivity index (χ0) is 13.1. The molecule has 0 radical (unpaired) electrons. The van der Waals surface area contributed by atoms with E-state index in [1.165, 1.54) is 0 Å². The van der Waals surface area contributed by atoms with E-state index in [9.17, 15) is 0 Å². The van der Waals surface area contributed by atoms with Crippen molar-refractivity contribution in [1.82, 2.24) is 19.5 Å². The Kier molecular flexibility index (Phi) is 3.73. The maximum atomic E-state index is 9.03. The lowest BCUT2D eigenvalue weighted by molar-refractivity contribution is 0.140. The molecule has 0 aliphatic rings. The first-order valence-corrected chi connectivity index (χ1v) is 5.82. The summed E-state index contributed by atoms with van der Waals surface area (Å²) in [5.41, 5.74) is 7.78. The predicted octanol–water partition coefficient (Wildman–Crippen LogP) is -0.292. The fraction of sp³-hybridized carbons (Fsp3) is 0.545. The topological polar surface area (TPSA) is 110 Å². The van der Waals surface area contributed by atoms with Crippen molar-refractivity contribution in [2.75, 3.05) is 18.9 Å². The summed E-state index contributed by atoms with van der Waals surface area (Å²) in [5, 5.41) is 18.1. The van der Waals surface area contributed by atoms with Crippen LogP contribution in [0.5, 0.6) is 0 Å². The molecule has 0 bridgehead atoms. The molecule has 7 heteroatoms. The Hall–Kier alpha value is -1.73. The molecular formula is C11H17N5O2. The molecule has 0 saturated heterocycles. The number of rotatable bonds is 5. The van der Waals surface area contributed by atoms with Gasteiger partial charge in [0.1, 0.15) is 5.52 Å². The van der Waals surface area contributed by atoms with E-state index in [1.807, 2.05) is 11.5 Å². The van der Waals surface area contributed by atoms with E-state index >= 15 is 0 Å². The number of anilines is 1. The molecule has 0 aromatic carbocycles. The summed E-state index contributed by atoms with van der Waals surface area (Å²) in [6.45, 7) is 2.40. The van der Waals surface area contributed by atoms with Crippen molar-refractivity contribution in [2.24, 2.45) is 5.92 Å². The van der Waals surface area contributed by atoms with Crippen LogP contribution < -0.4 is 5.73 Å². The number of nitrogen functional groups attached to an aromatic ring is 1. The molecule has 0 saturated carbocycles. The zero-order valence-corrected chi connectivity index (χ0v) is 10.2. The SMILES string of the molecule is Cc1nc(N)nc2c1ncn2CCC(CO)CO. The number of imidazole rings is 1. The first kappa shape index (κ1) is 12.7. The van der Waals surface area contributed by atoms with Crippen LogP contribution in [0.15, 0.2) is 6.33 Å². The Bertz CT molecular complexity index is 535. The van der Waals surface area contributed by atoms with Crippen LogP contribution in [-0.2, 0) is 6.54 Å². The average molecular weight is 251 g/mol. The number of aryl methyl sites for hydroxylation is 2. The molecule has 98 valence electrons. The lowest BCUT2D eigenvalue weighted by Crippen LogP contribution is -2.14. The molecule has 4 N–H and O–H groups in total. The van der Waals surface area contributed by atoms with Gasteiger partial charge in [-0.3, -0.25) is 0 Å². The van der Waals surface area contributed by atoms with Crippen LogP contribution in [0.1, 0.15) is 12.1 Å². The molecule has 0 aliphatic carbocycles. The van der Waals surface area contributed by atoms with Gasteiger partial charge < -0.3 is 20.5 Å². The average Bonchev–Trinajstić information content (AvgIpc) is 2.74. The van der Waals surface area contributed by atoms with Crippen molar-refractivity contribution in [1.29, 1.82) is 0 Å². The lowest BCUT2D eigenvalue weighted by atomic mass is 10.1. The van der Waals surface area contributed by atoms with E-state index in [1.54, 1.807) is 6.33 Å². The van der Waals surface area contributed by atoms with Gasteiger partial charge in [-0.1, -0.05) is 0 Å². The second kappa shape index (κ2) is 5.28. The largest absolute Gasteiger partial charge is 0.396 e. The summed E-state index contributed by atoms with van der Waals surface area (Å²) in [6, 6.07) is 0. The van der Waals surface area contributed by atoms with Crippen molar-refractivity contribution in [3.63, 3.8) is 0 Å². The molecule has 0 spiro atoms. The molecule has 0 amide bonds. The van der Waals surface area contributed by atoms with Crippen LogP contribution in [0.4, 0.5) is 5.95 Å². The predicted molar refractivity (Wildman–Crippen MR) is 66.8 cm³/mol. The zero-order valence-electron chi connectivity index (χ0n) is 10.2. The maximum Gasteiger partial charge on any atom is 0.222 e. The normalized spacial score (nSPS) is 11.6. The second-order valence-electron chi connectivity index (χ2n) is 4.30. The highest BCUT2D eigenvalue weighted by atomic mass is 16.3. The highest BCUT2D eigenvalue weighted by Gasteiger charge is 2.11. The molecule has 2 rings (SSSR count). The highest BCUT2D eigenvalue weighted by Crippen LogP contribution is 2.15. The van der Waals surface area contributed by atoms with Crippen molar-refractivity contribution >= 4 is 17.1 Å². The quantitative estimate of drug-likeness (QED) is 0.673. The summed E-state index contributed by atoms with van der Waals surface area (Å²) in [6.07, 6.45) is 2.33. The van der Waals surface area contributed by atoms with Gasteiger partial charge in [-0.05, 0) is 13.3 Å². The van der Waals surface area contributed by atoms with Crippen LogP contribution in [0.3, 0.4) is 0 Å². The monoisotopic (exact) mass is 251 g/mol. The fourth-order valence-corrected chi connectivity index (χ4v) is 1.83. The molecule has 0 fully saturated rings. The molecule has 0 unspecified atom stereocenters. The van der Waals surface area contributed by atoms with Gasteiger partial charge in [-0.2, -0.15) is 4.98 Å². The van der Waals surface area contributed by atoms with Crippen LogP contribution >= 0.6 is 0 Å². The van der Waals surface area contributed by atoms with E-state index in [-0.39, 0.29) is 25.1 Å². The van der Waals surface area contributed by atoms with Crippen LogP contribution in [0.2, 0.25) is 0 Å². The number of nitrogens with zero attached hydrogens (tertiary/aromatic N) is 4. The minimum atomic E-state index is -0.122. The van der Waals surface area contributed by atoms with Gasteiger partial charge in [-0.25, -0.2) is 9.97 Å². The molecule has 18 heavy (non-hydrogen) atoms. The van der Waals surface area contributed by atoms with E-state index in [2.05, 4.69) is 15.0 Å². The Morgan fingerprint density at radius 3 is 2.72 bits per heavy atom. The second-order valence-corrected chi connectivity index (χ2v) is 4.30. The number of hydrogen-bond acceptors (Lipinski definition) is 6. The van der Waals surface area contributed by atoms with Crippen molar-refractivity contribution < 1.29 is 10.2 Å². The van der Waals surface area contributed by atoms with Gasteiger partial charge in [0.15, 0.2) is 5.65 Å². The minimum Gasteiger partial charge on any atom is -0.396 e. The standard InChI is InChI=1S/C11H17N5O2/c1-7-9-10(15-11(12)14-7)16(6-13-9)3-2-8(4-17)5-18/h6,8,17-18H,2-5H2,1H3,(H2,12,14,15). The third-order valence-electron chi connectivity index (χ3n) is 2.95. The number of hydrogen-bond donors (Lipinski definition) is 3. The molecule has 7 nitrogen and oxygen atoms in total. The molecular weight excluding hydrogens is 234 g/mol. The Balaban J connectivity index is 2.24. The summed E-state index contributed by atoms with van der Waals surface area (Å²) < 4.78 is 1.86. The Labute approximate surface area is 104 Å². The first-order chi connectivity index (χ1) is 8.65. The minimum absolute atomic E-state index is 0.0285. The van der Waals surface area contributed by atoms with Gasteiger partial charge in [0.05, 0.1) is 12.0 Å². The highest BCUT2D eigenvalue weighted by molar-refractivity contribution is 5.74. The van der Waals surface area contributed by atoms with Crippen molar-refractivity contribution in [3.8, 4) is 0 Å². The molecule has 0 aliphatic heterocycles. The van der Waals surface area contributed by atoms with Gasteiger partial charge in [0.2, 0.25) is 5.95 Å². The number of fused-ring (bicyclic) bond motifs is 1. The van der Waals surface area contributed by atoms with E-state index in [0.29, 0.717) is 18.6 Å². The number of aliphatic hydroxyl groups excluding tert-OH is 2. The molecule has 2 aromatic rings. The van der Waals surface area contributed by atoms with Crippen LogP contribution in [0, 0.1) is 12.8 Å². The van der Waals surface area contributed by atoms with E-state index in [4.69, 9.17) is 15.9 Å². The summed E-state index contributed by atoms with van der Waals surface area (Å²) in [4.78, 5) is 12.5. The Morgan fingerprint density at radius 2 is 2.06 bits per heavy atom. The fourth-order valence-electron chi connectivity index (χ4n) is 1.83. The Morgan fingerprint density at radius 1 is 1.33 bits per heavy atom. The van der Waals surface area contributed by atoms with Gasteiger partial charge in [-0.15, -0.1) is 0 Å². The van der Waals surface area contributed by atoms with E-state index in [0.717, 1.165) is 11.2 Å². The smallest absolute Gasteiger partial charge is 0.222 e. The molecule has 2 aromatic heterocycles. The summed E-state index contributed by atoms with van der Waals surface area (Å²) in [7, 11) is 0. The first-order valence-electron chi connectivity index (χ1n) is 5.82. The summed E-state index contributed by atoms with van der Waals surface area (Å²) in [5.74, 6) is 0.102. The maximum absolute atomic E-state index is 9.03. The van der Waals surface area contributed by atoms with Crippen molar-refractivity contribution in [2.45, 2.75) is 19.9 Å². The van der Waals surface area contributed by atoms with E-state index < -0.39 is 0 Å². The number of nitrogens with two attached hydrogens (primary N) is 1. The van der Waals surface area contributed by atoms with Gasteiger partial charge in [0.25, 0.3) is 0 Å². The third-order valence-corrected chi connectivity index (χ3v) is 2.95. The van der Waals surface area contributed by atoms with Crippen LogP contribution in [-0.4, -0.2) is 42.9 Å². The van der Waals surface area contributed by atoms with Gasteiger partial charge >= 0.3 is 0 Å². The van der Waals surface area contributed by atoms with Gasteiger partial charge in [0, 0.05) is 25.7 Å². The van der Waals surface area contributed by atoms with Crippen molar-refractivity contribution in [3.05, 3.63) is 12.0 Å². The number of aliphatic hydroxyl groups is 2. The number of aromatic nitrogens is 4.